The molecular weight excluding hydrogens is 368 g/mol. The Bertz CT molecular complexity index is 533. The molecule has 0 saturated carbocycles. The molecule has 0 aromatic carbocycles. The number of carbonyl (C=O) groups excluding carboxylic acids is 1. The van der Waals surface area contributed by atoms with E-state index in [1.807, 2.05) is 33.1 Å². The molecule has 0 aliphatic carbocycles. The summed E-state index contributed by atoms with van der Waals surface area (Å²) in [4.78, 5) is 13.8. The fourth-order valence-corrected chi connectivity index (χ4v) is 3.83. The number of halogens is 1. The van der Waals surface area contributed by atoms with Crippen molar-refractivity contribution in [3.05, 3.63) is 16.6 Å². The van der Waals surface area contributed by atoms with Crippen molar-refractivity contribution < 1.29 is 14.6 Å². The number of nitrogens with zero attached hydrogens (tertiary/aromatic N) is 2. The van der Waals surface area contributed by atoms with E-state index in [0.29, 0.717) is 25.9 Å². The molecule has 1 aliphatic rings. The van der Waals surface area contributed by atoms with Crippen molar-refractivity contribution in [1.29, 1.82) is 0 Å². The first-order valence-corrected chi connectivity index (χ1v) is 9.01. The summed E-state index contributed by atoms with van der Waals surface area (Å²) in [7, 11) is 0. The summed E-state index contributed by atoms with van der Waals surface area (Å²) >= 11 is 5.06. The quantitative estimate of drug-likeness (QED) is 0.782. The molecule has 1 aromatic rings. The number of carbonyl (C=O) groups is 1. The summed E-state index contributed by atoms with van der Waals surface area (Å²) in [6, 6.07) is 0. The Morgan fingerprint density at radius 1 is 1.50 bits per heavy atom. The molecule has 1 unspecified atom stereocenters. The minimum absolute atomic E-state index is 0.287. The molecule has 1 amide bonds. The average Bonchev–Trinajstić information content (AvgIpc) is 2.82. The van der Waals surface area contributed by atoms with Gasteiger partial charge >= 0.3 is 6.09 Å². The topological polar surface area (TPSA) is 62.7 Å². The number of aliphatic hydroxyl groups excluding tert-OH is 1. The zero-order valence-corrected chi connectivity index (χ0v) is 15.8. The number of aryl methyl sites for hydroxylation is 1. The van der Waals surface area contributed by atoms with E-state index in [4.69, 9.17) is 4.74 Å². The van der Waals surface area contributed by atoms with Gasteiger partial charge in [0, 0.05) is 24.0 Å². The second-order valence-corrected chi connectivity index (χ2v) is 8.97. The van der Waals surface area contributed by atoms with E-state index < -0.39 is 16.0 Å². The number of hydrogen-bond acceptors (Lipinski definition) is 5. The number of likely N-dealkylation sites (tertiary alicyclic amines) is 1. The first-order valence-electron chi connectivity index (χ1n) is 7.38. The van der Waals surface area contributed by atoms with Crippen molar-refractivity contribution in [3.8, 4) is 0 Å². The second-order valence-electron chi connectivity index (χ2n) is 6.76. The van der Waals surface area contributed by atoms with Crippen LogP contribution in [0.1, 0.15) is 51.0 Å². The lowest BCUT2D eigenvalue weighted by Crippen LogP contribution is -2.47. The third-order valence-corrected chi connectivity index (χ3v) is 5.78. The van der Waals surface area contributed by atoms with Crippen molar-refractivity contribution in [2.75, 3.05) is 13.1 Å². The van der Waals surface area contributed by atoms with Crippen molar-refractivity contribution >= 4 is 33.6 Å². The van der Waals surface area contributed by atoms with Crippen molar-refractivity contribution in [2.45, 2.75) is 56.6 Å². The van der Waals surface area contributed by atoms with Crippen LogP contribution < -0.4 is 0 Å². The molecular formula is C15H23BrN2O3S. The van der Waals surface area contributed by atoms with Crippen LogP contribution in [-0.4, -0.2) is 43.5 Å². The molecule has 124 valence electrons. The number of piperidine rings is 1. The fraction of sp³-hybridized carbons (Fsp3) is 0.733. The minimum Gasteiger partial charge on any atom is -0.444 e. The van der Waals surface area contributed by atoms with E-state index in [0.717, 1.165) is 11.3 Å². The van der Waals surface area contributed by atoms with Crippen LogP contribution in [0.15, 0.2) is 5.38 Å². The monoisotopic (exact) mass is 390 g/mol. The molecule has 1 aromatic heterocycles. The zero-order chi connectivity index (χ0) is 16.5. The SMILES string of the molecule is Cc1nscc1C(O)C1(Br)CCN(C(=O)OC(C)(C)C)CC1. The van der Waals surface area contributed by atoms with Gasteiger partial charge in [0.25, 0.3) is 0 Å². The van der Waals surface area contributed by atoms with Crippen LogP contribution in [-0.2, 0) is 4.74 Å². The van der Waals surface area contributed by atoms with Crippen LogP contribution in [0, 0.1) is 6.92 Å². The van der Waals surface area contributed by atoms with E-state index in [9.17, 15) is 9.90 Å². The molecule has 0 spiro atoms. The van der Waals surface area contributed by atoms with E-state index in [-0.39, 0.29) is 6.09 Å². The number of ether oxygens (including phenoxy) is 1. The number of amides is 1. The first-order chi connectivity index (χ1) is 10.1. The third kappa shape index (κ3) is 4.00. The summed E-state index contributed by atoms with van der Waals surface area (Å²) in [5.74, 6) is 0. The number of hydrogen-bond donors (Lipinski definition) is 1. The van der Waals surface area contributed by atoms with Gasteiger partial charge in [0.2, 0.25) is 0 Å². The van der Waals surface area contributed by atoms with Crippen molar-refractivity contribution in [3.63, 3.8) is 0 Å². The highest BCUT2D eigenvalue weighted by molar-refractivity contribution is 9.10. The van der Waals surface area contributed by atoms with Crippen LogP contribution in [0.3, 0.4) is 0 Å². The predicted molar refractivity (Wildman–Crippen MR) is 90.5 cm³/mol. The van der Waals surface area contributed by atoms with E-state index >= 15 is 0 Å². The Morgan fingerprint density at radius 3 is 2.55 bits per heavy atom. The highest BCUT2D eigenvalue weighted by atomic mass is 79.9. The normalized spacial score (nSPS) is 19.8. The van der Waals surface area contributed by atoms with Gasteiger partial charge in [0.05, 0.1) is 16.1 Å². The lowest BCUT2D eigenvalue weighted by Gasteiger charge is -2.40. The molecule has 0 radical (unpaired) electrons. The highest BCUT2D eigenvalue weighted by Gasteiger charge is 2.42. The number of aliphatic hydroxyl groups is 1. The maximum atomic E-state index is 12.1. The van der Waals surface area contributed by atoms with Gasteiger partial charge in [-0.05, 0) is 52.1 Å². The van der Waals surface area contributed by atoms with Crippen LogP contribution in [0.2, 0.25) is 0 Å². The largest absolute Gasteiger partial charge is 0.444 e. The number of rotatable bonds is 2. The van der Waals surface area contributed by atoms with Gasteiger partial charge in [0.1, 0.15) is 5.60 Å². The van der Waals surface area contributed by atoms with Gasteiger partial charge in [-0.25, -0.2) is 4.79 Å². The van der Waals surface area contributed by atoms with Crippen LogP contribution in [0.25, 0.3) is 0 Å². The molecule has 22 heavy (non-hydrogen) atoms. The molecule has 5 nitrogen and oxygen atoms in total. The Kier molecular flexibility index (Phi) is 5.19. The predicted octanol–water partition coefficient (Wildman–Crippen LogP) is 3.65. The maximum absolute atomic E-state index is 12.1. The van der Waals surface area contributed by atoms with E-state index in [1.165, 1.54) is 11.5 Å². The van der Waals surface area contributed by atoms with E-state index in [1.54, 1.807) is 4.90 Å². The van der Waals surface area contributed by atoms with Crippen molar-refractivity contribution in [2.24, 2.45) is 0 Å². The average molecular weight is 391 g/mol. The summed E-state index contributed by atoms with van der Waals surface area (Å²) in [6.45, 7) is 8.61. The molecule has 1 N–H and O–H groups in total. The summed E-state index contributed by atoms with van der Waals surface area (Å²) in [5.41, 5.74) is 1.25. The first kappa shape index (κ1) is 17.7. The highest BCUT2D eigenvalue weighted by Crippen LogP contribution is 2.43. The molecule has 2 rings (SSSR count). The Hall–Kier alpha value is -0.660. The van der Waals surface area contributed by atoms with Gasteiger partial charge in [0.15, 0.2) is 0 Å². The van der Waals surface area contributed by atoms with Gasteiger partial charge < -0.3 is 14.7 Å². The summed E-state index contributed by atoms with van der Waals surface area (Å²) in [6.07, 6.45) is 0.433. The number of alkyl halides is 1. The molecule has 7 heteroatoms. The molecule has 0 bridgehead atoms. The third-order valence-electron chi connectivity index (χ3n) is 3.82. The van der Waals surface area contributed by atoms with Crippen LogP contribution in [0.5, 0.6) is 0 Å². The molecule has 1 saturated heterocycles. The summed E-state index contributed by atoms with van der Waals surface area (Å²) < 4.78 is 9.20. The van der Waals surface area contributed by atoms with Gasteiger partial charge in [-0.3, -0.25) is 0 Å². The zero-order valence-electron chi connectivity index (χ0n) is 13.4. The molecule has 1 aliphatic heterocycles. The fourth-order valence-electron chi connectivity index (χ4n) is 2.50. The minimum atomic E-state index is -0.618. The second kappa shape index (κ2) is 6.45. The number of aromatic nitrogens is 1. The standard InChI is InChI=1S/C15H23BrN2O3S/c1-10-11(9-22-17-10)12(19)15(16)5-7-18(8-6-15)13(20)21-14(2,3)4/h9,12,19H,5-8H2,1-4H3. The van der Waals surface area contributed by atoms with Crippen LogP contribution >= 0.6 is 27.5 Å². The van der Waals surface area contributed by atoms with Gasteiger partial charge in [-0.2, -0.15) is 4.37 Å². The van der Waals surface area contributed by atoms with E-state index in [2.05, 4.69) is 20.3 Å². The molecule has 1 fully saturated rings. The lowest BCUT2D eigenvalue weighted by atomic mass is 9.87. The van der Waals surface area contributed by atoms with Gasteiger partial charge in [-0.1, -0.05) is 15.9 Å². The lowest BCUT2D eigenvalue weighted by molar-refractivity contribution is 0.0132. The molecule has 1 atom stereocenters. The summed E-state index contributed by atoms with van der Waals surface area (Å²) in [5, 5.41) is 12.6. The Morgan fingerprint density at radius 2 is 2.09 bits per heavy atom. The van der Waals surface area contributed by atoms with Gasteiger partial charge in [-0.15, -0.1) is 0 Å². The maximum Gasteiger partial charge on any atom is 0.410 e. The molecule has 2 heterocycles. The smallest absolute Gasteiger partial charge is 0.410 e. The Balaban J connectivity index is 1.99. The van der Waals surface area contributed by atoms with Crippen molar-refractivity contribution in [1.82, 2.24) is 9.27 Å². The Labute approximate surface area is 144 Å². The van der Waals surface area contributed by atoms with Crippen LogP contribution in [0.4, 0.5) is 4.79 Å².